The van der Waals surface area contributed by atoms with Gasteiger partial charge in [-0.3, -0.25) is 9.69 Å². The van der Waals surface area contributed by atoms with Gasteiger partial charge in [0, 0.05) is 25.6 Å². The van der Waals surface area contributed by atoms with Gasteiger partial charge in [0.05, 0.1) is 11.7 Å². The second kappa shape index (κ2) is 7.13. The van der Waals surface area contributed by atoms with Crippen LogP contribution in [0.4, 0.5) is 0 Å². The van der Waals surface area contributed by atoms with Gasteiger partial charge in [0.1, 0.15) is 11.0 Å². The van der Waals surface area contributed by atoms with E-state index in [1.807, 2.05) is 0 Å². The van der Waals surface area contributed by atoms with Gasteiger partial charge >= 0.3 is 0 Å². The number of nitrogens with zero attached hydrogens (tertiary/aromatic N) is 4. The summed E-state index contributed by atoms with van der Waals surface area (Å²) in [7, 11) is 0. The Labute approximate surface area is 181 Å². The van der Waals surface area contributed by atoms with E-state index in [2.05, 4.69) is 61.0 Å². The van der Waals surface area contributed by atoms with Crippen molar-refractivity contribution in [3.63, 3.8) is 0 Å². The molecule has 2 aliphatic heterocycles. The predicted molar refractivity (Wildman–Crippen MR) is 118 cm³/mol. The number of hydrogen-bond acceptors (Lipinski definition) is 5. The Morgan fingerprint density at radius 3 is 2.70 bits per heavy atom. The number of carbonyl (C=O) groups excluding carboxylic acids is 1. The average Bonchev–Trinajstić information content (AvgIpc) is 3.27. The van der Waals surface area contributed by atoms with E-state index in [4.69, 9.17) is 0 Å². The van der Waals surface area contributed by atoms with Crippen LogP contribution in [-0.2, 0) is 24.3 Å². The molecule has 1 amide bonds. The van der Waals surface area contributed by atoms with Gasteiger partial charge in [-0.05, 0) is 73.0 Å². The highest BCUT2D eigenvalue weighted by Gasteiger charge is 2.59. The maximum atomic E-state index is 13.2. The van der Waals surface area contributed by atoms with Crippen LogP contribution in [0.3, 0.4) is 0 Å². The topological polar surface area (TPSA) is 49.3 Å². The third-order valence-electron chi connectivity index (χ3n) is 7.51. The first kappa shape index (κ1) is 18.5. The predicted octanol–water partition coefficient (Wildman–Crippen LogP) is 3.88. The molecule has 6 heteroatoms. The Kier molecular flexibility index (Phi) is 4.39. The van der Waals surface area contributed by atoms with Crippen LogP contribution in [0, 0.1) is 11.3 Å². The van der Waals surface area contributed by atoms with E-state index in [1.165, 1.54) is 28.4 Å². The summed E-state index contributed by atoms with van der Waals surface area (Å²) in [6.07, 6.45) is 4.38. The van der Waals surface area contributed by atoms with Crippen molar-refractivity contribution in [2.45, 2.75) is 38.8 Å². The lowest BCUT2D eigenvalue weighted by atomic mass is 9.90. The van der Waals surface area contributed by atoms with Gasteiger partial charge in [0.15, 0.2) is 0 Å². The molecular formula is C24H26N4OS. The van der Waals surface area contributed by atoms with E-state index in [9.17, 15) is 4.79 Å². The van der Waals surface area contributed by atoms with Crippen LogP contribution in [-0.4, -0.2) is 44.1 Å². The van der Waals surface area contributed by atoms with Gasteiger partial charge in [-0.25, -0.2) is 0 Å². The molecule has 5 nitrogen and oxygen atoms in total. The summed E-state index contributed by atoms with van der Waals surface area (Å²) >= 11 is 1.28. The van der Waals surface area contributed by atoms with Crippen LogP contribution < -0.4 is 0 Å². The molecule has 1 unspecified atom stereocenters. The fraction of sp³-hybridized carbons (Fsp3) is 0.458. The van der Waals surface area contributed by atoms with Crippen molar-refractivity contribution in [3.05, 3.63) is 59.2 Å². The van der Waals surface area contributed by atoms with E-state index in [0.29, 0.717) is 5.91 Å². The molecule has 1 atom stereocenters. The van der Waals surface area contributed by atoms with Crippen molar-refractivity contribution in [3.8, 4) is 0 Å². The number of rotatable bonds is 3. The quantitative estimate of drug-likeness (QED) is 0.648. The number of likely N-dealkylation sites (tertiary alicyclic amines) is 1. The Bertz CT molecular complexity index is 1100. The van der Waals surface area contributed by atoms with Crippen LogP contribution in [0.5, 0.6) is 0 Å². The van der Waals surface area contributed by atoms with Crippen LogP contribution in [0.25, 0.3) is 11.0 Å². The minimum absolute atomic E-state index is 0.252. The molecule has 1 spiro atoms. The highest BCUT2D eigenvalue weighted by molar-refractivity contribution is 7.00. The Morgan fingerprint density at radius 2 is 1.83 bits per heavy atom. The van der Waals surface area contributed by atoms with Crippen molar-refractivity contribution in [2.75, 3.05) is 19.6 Å². The van der Waals surface area contributed by atoms with Crippen molar-refractivity contribution in [1.82, 2.24) is 18.5 Å². The van der Waals surface area contributed by atoms with Crippen LogP contribution in [0.2, 0.25) is 0 Å². The summed E-state index contributed by atoms with van der Waals surface area (Å²) in [4.78, 5) is 17.9. The largest absolute Gasteiger partial charge is 0.338 e. The molecule has 1 saturated heterocycles. The summed E-state index contributed by atoms with van der Waals surface area (Å²) in [5.41, 5.74) is 6.30. The van der Waals surface area contributed by atoms with Crippen molar-refractivity contribution in [1.29, 1.82) is 0 Å². The van der Waals surface area contributed by atoms with Gasteiger partial charge in [0.25, 0.3) is 0 Å². The monoisotopic (exact) mass is 418 g/mol. The van der Waals surface area contributed by atoms with Gasteiger partial charge in [-0.1, -0.05) is 30.3 Å². The minimum atomic E-state index is 0.252. The molecule has 1 saturated carbocycles. The fourth-order valence-corrected chi connectivity index (χ4v) is 6.01. The molecule has 6 rings (SSSR count). The van der Waals surface area contributed by atoms with E-state index in [1.54, 1.807) is 0 Å². The molecule has 30 heavy (non-hydrogen) atoms. The van der Waals surface area contributed by atoms with E-state index in [-0.39, 0.29) is 11.3 Å². The zero-order valence-corrected chi connectivity index (χ0v) is 17.9. The van der Waals surface area contributed by atoms with Gasteiger partial charge in [-0.15, -0.1) is 0 Å². The molecule has 2 aromatic carbocycles. The number of benzene rings is 2. The number of hydrogen-bond donors (Lipinski definition) is 0. The maximum absolute atomic E-state index is 13.2. The number of piperidine rings is 1. The second-order valence-corrected chi connectivity index (χ2v) is 9.79. The molecule has 3 aliphatic rings. The molecule has 2 fully saturated rings. The molecule has 154 valence electrons. The Hall–Kier alpha value is -2.31. The third kappa shape index (κ3) is 3.22. The summed E-state index contributed by atoms with van der Waals surface area (Å²) in [5.74, 6) is 0.654. The van der Waals surface area contributed by atoms with E-state index < -0.39 is 0 Å². The molecule has 3 heterocycles. The summed E-state index contributed by atoms with van der Waals surface area (Å²) in [6, 6.07) is 15.0. The fourth-order valence-electron chi connectivity index (χ4n) is 5.49. The number of aromatic nitrogens is 2. The maximum Gasteiger partial charge on any atom is 0.226 e. The molecule has 0 N–H and O–H groups in total. The number of carbonyl (C=O) groups is 1. The zero-order chi connectivity index (χ0) is 20.1. The van der Waals surface area contributed by atoms with Crippen molar-refractivity contribution < 1.29 is 4.79 Å². The first-order valence-corrected chi connectivity index (χ1v) is 11.7. The lowest BCUT2D eigenvalue weighted by molar-refractivity contribution is -0.134. The Morgan fingerprint density at radius 1 is 1.03 bits per heavy atom. The first-order chi connectivity index (χ1) is 14.7. The standard InChI is InChI=1S/C24H26N4OS/c29-23(28-10-7-18-3-1-2-4-19(18)16-28)20-14-24(20)8-11-27(12-9-24)15-17-5-6-21-22(13-17)26-30-25-21/h1-6,13,20H,7-12,14-16H2. The van der Waals surface area contributed by atoms with E-state index in [0.717, 1.165) is 69.4 Å². The normalized spacial score (nSPS) is 22.9. The van der Waals surface area contributed by atoms with Crippen LogP contribution in [0.1, 0.15) is 36.0 Å². The van der Waals surface area contributed by atoms with Gasteiger partial charge in [0.2, 0.25) is 5.91 Å². The molecule has 1 aliphatic carbocycles. The summed E-state index contributed by atoms with van der Waals surface area (Å²) in [6.45, 7) is 4.80. The summed E-state index contributed by atoms with van der Waals surface area (Å²) in [5, 5.41) is 0. The summed E-state index contributed by atoms with van der Waals surface area (Å²) < 4.78 is 8.65. The third-order valence-corrected chi connectivity index (χ3v) is 8.06. The lowest BCUT2D eigenvalue weighted by Crippen LogP contribution is -2.40. The van der Waals surface area contributed by atoms with Crippen LogP contribution >= 0.6 is 11.7 Å². The number of amides is 1. The molecule has 0 radical (unpaired) electrons. The smallest absolute Gasteiger partial charge is 0.226 e. The Balaban J connectivity index is 1.06. The lowest BCUT2D eigenvalue weighted by Gasteiger charge is -2.34. The molecule has 1 aromatic heterocycles. The number of fused-ring (bicyclic) bond motifs is 2. The van der Waals surface area contributed by atoms with Crippen LogP contribution in [0.15, 0.2) is 42.5 Å². The molecule has 0 bridgehead atoms. The van der Waals surface area contributed by atoms with Crippen molar-refractivity contribution in [2.24, 2.45) is 11.3 Å². The van der Waals surface area contributed by atoms with Gasteiger partial charge < -0.3 is 4.90 Å². The zero-order valence-electron chi connectivity index (χ0n) is 17.1. The highest BCUT2D eigenvalue weighted by atomic mass is 32.1. The minimum Gasteiger partial charge on any atom is -0.338 e. The first-order valence-electron chi connectivity index (χ1n) is 11.0. The van der Waals surface area contributed by atoms with E-state index >= 15 is 0 Å². The highest BCUT2D eigenvalue weighted by Crippen LogP contribution is 2.60. The second-order valence-electron chi connectivity index (χ2n) is 9.26. The average molecular weight is 419 g/mol. The SMILES string of the molecule is O=C(C1CC12CCN(Cc1ccc3nsnc3c1)CC2)N1CCc2ccccc2C1. The molecular weight excluding hydrogens is 392 g/mol. The van der Waals surface area contributed by atoms with Gasteiger partial charge in [-0.2, -0.15) is 8.75 Å². The molecule has 3 aromatic rings. The van der Waals surface area contributed by atoms with Crippen molar-refractivity contribution >= 4 is 28.7 Å².